The summed E-state index contributed by atoms with van der Waals surface area (Å²) < 4.78 is 1.12. The van der Waals surface area contributed by atoms with Crippen molar-refractivity contribution >= 4 is 57.2 Å². The summed E-state index contributed by atoms with van der Waals surface area (Å²) in [7, 11) is 0. The summed E-state index contributed by atoms with van der Waals surface area (Å²) in [5, 5.41) is 3.43. The maximum atomic E-state index is 12.1. The van der Waals surface area contributed by atoms with Gasteiger partial charge in [0.2, 0.25) is 0 Å². The smallest absolute Gasteiger partial charge is 0.264 e. The molecule has 2 aromatic rings. The van der Waals surface area contributed by atoms with Crippen LogP contribution in [0.4, 0.5) is 5.69 Å². The molecule has 1 aliphatic rings. The van der Waals surface area contributed by atoms with Crippen molar-refractivity contribution in [2.24, 2.45) is 4.99 Å². The topological polar surface area (TPSA) is 41.5 Å². The van der Waals surface area contributed by atoms with E-state index in [9.17, 15) is 4.79 Å². The minimum atomic E-state index is -0.101. The first kappa shape index (κ1) is 15.3. The van der Waals surface area contributed by atoms with Crippen LogP contribution < -0.4 is 5.32 Å². The number of halogens is 1. The van der Waals surface area contributed by atoms with E-state index in [4.69, 9.17) is 0 Å². The fourth-order valence-corrected chi connectivity index (χ4v) is 3.33. The Hall–Kier alpha value is -1.60. The van der Waals surface area contributed by atoms with Crippen LogP contribution in [0.1, 0.15) is 11.1 Å². The van der Waals surface area contributed by atoms with Crippen molar-refractivity contribution in [2.45, 2.75) is 6.92 Å². The Morgan fingerprint density at radius 1 is 1.14 bits per heavy atom. The predicted octanol–water partition coefficient (Wildman–Crippen LogP) is 4.49. The highest BCUT2D eigenvalue weighted by atomic mass is 127. The Morgan fingerprint density at radius 3 is 2.59 bits per heavy atom. The second kappa shape index (κ2) is 6.66. The number of carbonyl (C=O) groups excluding carboxylic acids is 1. The number of benzene rings is 2. The van der Waals surface area contributed by atoms with Gasteiger partial charge >= 0.3 is 0 Å². The van der Waals surface area contributed by atoms with Gasteiger partial charge in [-0.2, -0.15) is 0 Å². The Kier molecular flexibility index (Phi) is 4.63. The van der Waals surface area contributed by atoms with E-state index in [0.29, 0.717) is 10.1 Å². The zero-order chi connectivity index (χ0) is 15.5. The summed E-state index contributed by atoms with van der Waals surface area (Å²) in [4.78, 5) is 17.2. The molecule has 1 saturated heterocycles. The van der Waals surface area contributed by atoms with Gasteiger partial charge in [0.15, 0.2) is 5.17 Å². The molecule has 1 N–H and O–H groups in total. The molecule has 0 radical (unpaired) electrons. The van der Waals surface area contributed by atoms with Gasteiger partial charge in [-0.25, -0.2) is 4.99 Å². The lowest BCUT2D eigenvalue weighted by atomic mass is 10.2. The SMILES string of the molecule is Cc1ccc(N=C2NC(=O)/C(=C/c3ccccc3I)S2)cc1. The maximum Gasteiger partial charge on any atom is 0.264 e. The summed E-state index contributed by atoms with van der Waals surface area (Å²) in [6, 6.07) is 15.9. The molecule has 1 heterocycles. The molecule has 1 amide bonds. The van der Waals surface area contributed by atoms with Crippen LogP contribution in [0.5, 0.6) is 0 Å². The van der Waals surface area contributed by atoms with Crippen LogP contribution >= 0.6 is 34.4 Å². The summed E-state index contributed by atoms with van der Waals surface area (Å²) in [5.74, 6) is -0.101. The molecule has 0 atom stereocenters. The molecule has 1 fully saturated rings. The van der Waals surface area contributed by atoms with Gasteiger partial charge in [0, 0.05) is 3.57 Å². The lowest BCUT2D eigenvalue weighted by Crippen LogP contribution is -2.19. The number of nitrogens with zero attached hydrogens (tertiary/aromatic N) is 1. The fraction of sp³-hybridized carbons (Fsp3) is 0.0588. The minimum absolute atomic E-state index is 0.101. The van der Waals surface area contributed by atoms with Gasteiger partial charge in [0.25, 0.3) is 5.91 Å². The normalized spacial score (nSPS) is 18.0. The molecule has 3 rings (SSSR count). The van der Waals surface area contributed by atoms with Crippen molar-refractivity contribution in [3.05, 3.63) is 68.1 Å². The molecule has 0 bridgehead atoms. The summed E-state index contributed by atoms with van der Waals surface area (Å²) >= 11 is 3.63. The van der Waals surface area contributed by atoms with E-state index < -0.39 is 0 Å². The molecule has 110 valence electrons. The zero-order valence-electron chi connectivity index (χ0n) is 11.8. The molecule has 1 aliphatic heterocycles. The van der Waals surface area contributed by atoms with Crippen molar-refractivity contribution < 1.29 is 4.79 Å². The highest BCUT2D eigenvalue weighted by molar-refractivity contribution is 14.1. The third kappa shape index (κ3) is 3.59. The van der Waals surface area contributed by atoms with E-state index in [0.717, 1.165) is 14.8 Å². The van der Waals surface area contributed by atoms with Crippen LogP contribution in [0.25, 0.3) is 6.08 Å². The summed E-state index contributed by atoms with van der Waals surface area (Å²) in [6.07, 6.45) is 1.90. The number of amidine groups is 1. The maximum absolute atomic E-state index is 12.1. The standard InChI is InChI=1S/C17H13IN2OS/c1-11-6-8-13(9-7-11)19-17-20-16(21)15(22-17)10-12-4-2-3-5-14(12)18/h2-10H,1H3,(H,19,20,21)/b15-10-. The van der Waals surface area contributed by atoms with Crippen molar-refractivity contribution in [1.82, 2.24) is 5.32 Å². The highest BCUT2D eigenvalue weighted by Gasteiger charge is 2.23. The molecule has 22 heavy (non-hydrogen) atoms. The van der Waals surface area contributed by atoms with Crippen molar-refractivity contribution in [3.8, 4) is 0 Å². The zero-order valence-corrected chi connectivity index (χ0v) is 14.8. The average Bonchev–Trinajstić information content (AvgIpc) is 2.84. The molecule has 0 aliphatic carbocycles. The van der Waals surface area contributed by atoms with E-state index in [2.05, 4.69) is 32.9 Å². The van der Waals surface area contributed by atoms with Crippen molar-refractivity contribution in [2.75, 3.05) is 0 Å². The number of thioether (sulfide) groups is 1. The molecule has 0 saturated carbocycles. The fourth-order valence-electron chi connectivity index (χ4n) is 1.95. The van der Waals surface area contributed by atoms with Crippen LogP contribution in [0.3, 0.4) is 0 Å². The molecule has 0 spiro atoms. The molecule has 0 aromatic heterocycles. The second-order valence-electron chi connectivity index (χ2n) is 4.84. The quantitative estimate of drug-likeness (QED) is 0.575. The Balaban J connectivity index is 1.84. The van der Waals surface area contributed by atoms with Gasteiger partial charge in [0.05, 0.1) is 10.6 Å². The van der Waals surface area contributed by atoms with Crippen LogP contribution in [-0.2, 0) is 4.79 Å². The molecule has 3 nitrogen and oxygen atoms in total. The first-order valence-electron chi connectivity index (χ1n) is 6.72. The number of rotatable bonds is 2. The molecular formula is C17H13IN2OS. The van der Waals surface area contributed by atoms with E-state index in [1.54, 1.807) is 0 Å². The van der Waals surface area contributed by atoms with E-state index in [-0.39, 0.29) is 5.91 Å². The largest absolute Gasteiger partial charge is 0.300 e. The Bertz CT molecular complexity index is 782. The summed E-state index contributed by atoms with van der Waals surface area (Å²) in [5.41, 5.74) is 3.06. The van der Waals surface area contributed by atoms with Crippen LogP contribution in [0.2, 0.25) is 0 Å². The van der Waals surface area contributed by atoms with Gasteiger partial charge < -0.3 is 5.32 Å². The van der Waals surface area contributed by atoms with Gasteiger partial charge in [-0.1, -0.05) is 35.9 Å². The van der Waals surface area contributed by atoms with Gasteiger partial charge in [0.1, 0.15) is 0 Å². The number of aliphatic imine (C=N–C) groups is 1. The van der Waals surface area contributed by atoms with E-state index >= 15 is 0 Å². The van der Waals surface area contributed by atoms with Gasteiger partial charge in [-0.15, -0.1) is 0 Å². The highest BCUT2D eigenvalue weighted by Crippen LogP contribution is 2.29. The monoisotopic (exact) mass is 420 g/mol. The number of aryl methyl sites for hydroxylation is 1. The first-order chi connectivity index (χ1) is 10.6. The van der Waals surface area contributed by atoms with Crippen LogP contribution in [0, 0.1) is 10.5 Å². The minimum Gasteiger partial charge on any atom is -0.300 e. The second-order valence-corrected chi connectivity index (χ2v) is 7.03. The molecule has 0 unspecified atom stereocenters. The van der Waals surface area contributed by atoms with E-state index in [1.165, 1.54) is 17.3 Å². The number of hydrogen-bond acceptors (Lipinski definition) is 3. The van der Waals surface area contributed by atoms with Crippen molar-refractivity contribution in [1.29, 1.82) is 0 Å². The number of amides is 1. The predicted molar refractivity (Wildman–Crippen MR) is 101 cm³/mol. The van der Waals surface area contributed by atoms with Gasteiger partial charge in [-0.3, -0.25) is 4.79 Å². The Labute approximate surface area is 147 Å². The third-order valence-corrected chi connectivity index (χ3v) is 5.00. The van der Waals surface area contributed by atoms with E-state index in [1.807, 2.05) is 61.5 Å². The lowest BCUT2D eigenvalue weighted by molar-refractivity contribution is -0.115. The number of carbonyl (C=O) groups is 1. The number of hydrogen-bond donors (Lipinski definition) is 1. The van der Waals surface area contributed by atoms with Crippen LogP contribution in [0.15, 0.2) is 58.4 Å². The van der Waals surface area contributed by atoms with Gasteiger partial charge in [-0.05, 0) is 71.1 Å². The first-order valence-corrected chi connectivity index (χ1v) is 8.62. The molecule has 2 aromatic carbocycles. The number of nitrogens with one attached hydrogen (secondary N) is 1. The average molecular weight is 420 g/mol. The third-order valence-electron chi connectivity index (χ3n) is 3.11. The lowest BCUT2D eigenvalue weighted by Gasteiger charge is -1.98. The molecule has 5 heteroatoms. The van der Waals surface area contributed by atoms with Crippen molar-refractivity contribution in [3.63, 3.8) is 0 Å². The molecular weight excluding hydrogens is 407 g/mol. The van der Waals surface area contributed by atoms with Crippen LogP contribution in [-0.4, -0.2) is 11.1 Å². The Morgan fingerprint density at radius 2 is 1.86 bits per heavy atom. The summed E-state index contributed by atoms with van der Waals surface area (Å²) in [6.45, 7) is 2.03.